The van der Waals surface area contributed by atoms with Crippen molar-refractivity contribution in [2.75, 3.05) is 5.73 Å². The van der Waals surface area contributed by atoms with E-state index in [9.17, 15) is 0 Å². The van der Waals surface area contributed by atoms with Crippen molar-refractivity contribution in [2.45, 2.75) is 20.3 Å². The van der Waals surface area contributed by atoms with Crippen molar-refractivity contribution in [3.63, 3.8) is 0 Å². The highest BCUT2D eigenvalue weighted by atomic mass is 16.4. The Kier molecular flexibility index (Phi) is 2.32. The summed E-state index contributed by atoms with van der Waals surface area (Å²) in [6.45, 7) is 3.85. The Morgan fingerprint density at radius 1 is 1.27 bits per heavy atom. The molecule has 0 atom stereocenters. The topological polar surface area (TPSA) is 90.7 Å². The lowest BCUT2D eigenvalue weighted by Crippen LogP contribution is -1.97. The summed E-state index contributed by atoms with van der Waals surface area (Å²) in [5, 5.41) is 15.5. The fourth-order valence-electron chi connectivity index (χ4n) is 1.30. The molecule has 2 N–H and O–H groups in total. The maximum atomic E-state index is 5.37. The number of aromatic nitrogens is 4. The fourth-order valence-corrected chi connectivity index (χ4v) is 1.30. The normalized spacial score (nSPS) is 10.5. The molecule has 0 fully saturated rings. The zero-order chi connectivity index (χ0) is 10.8. The molecule has 15 heavy (non-hydrogen) atoms. The monoisotopic (exact) mass is 205 g/mol. The largest absolute Gasteiger partial charge is 0.403 e. The lowest BCUT2D eigenvalue weighted by molar-refractivity contribution is 0.588. The minimum absolute atomic E-state index is 0.0570. The van der Waals surface area contributed by atoms with E-state index >= 15 is 0 Å². The minimum Gasteiger partial charge on any atom is -0.403 e. The van der Waals surface area contributed by atoms with E-state index in [1.54, 1.807) is 0 Å². The maximum Gasteiger partial charge on any atom is 0.313 e. The number of hydrogen-bond acceptors (Lipinski definition) is 6. The molecule has 6 heteroatoms. The van der Waals surface area contributed by atoms with Crippen LogP contribution in [-0.4, -0.2) is 20.4 Å². The summed E-state index contributed by atoms with van der Waals surface area (Å²) < 4.78 is 5.15. The molecule has 0 saturated heterocycles. The SMILES string of the molecule is CCc1nnc(C)cc1-c1nnc(N)o1. The molecule has 0 saturated carbocycles. The quantitative estimate of drug-likeness (QED) is 0.785. The van der Waals surface area contributed by atoms with Gasteiger partial charge in [-0.3, -0.25) is 0 Å². The van der Waals surface area contributed by atoms with Gasteiger partial charge in [-0.05, 0) is 19.4 Å². The number of nitrogen functional groups attached to an aromatic ring is 1. The van der Waals surface area contributed by atoms with Crippen LogP contribution in [0.3, 0.4) is 0 Å². The Balaban J connectivity index is 2.55. The predicted molar refractivity (Wildman–Crippen MR) is 53.9 cm³/mol. The molecule has 6 nitrogen and oxygen atoms in total. The molecular weight excluding hydrogens is 194 g/mol. The van der Waals surface area contributed by atoms with Crippen molar-refractivity contribution in [1.82, 2.24) is 20.4 Å². The van der Waals surface area contributed by atoms with Crippen molar-refractivity contribution in [1.29, 1.82) is 0 Å². The molecule has 0 radical (unpaired) electrons. The van der Waals surface area contributed by atoms with Crippen molar-refractivity contribution < 1.29 is 4.42 Å². The molecule has 2 rings (SSSR count). The van der Waals surface area contributed by atoms with Crippen molar-refractivity contribution in [2.24, 2.45) is 0 Å². The van der Waals surface area contributed by atoms with Gasteiger partial charge >= 0.3 is 6.01 Å². The highest BCUT2D eigenvalue weighted by molar-refractivity contribution is 5.56. The Morgan fingerprint density at radius 2 is 2.07 bits per heavy atom. The summed E-state index contributed by atoms with van der Waals surface area (Å²) in [6.07, 6.45) is 0.755. The molecule has 2 aromatic rings. The van der Waals surface area contributed by atoms with Crippen LogP contribution in [0.1, 0.15) is 18.3 Å². The molecule has 0 bridgehead atoms. The number of rotatable bonds is 2. The van der Waals surface area contributed by atoms with Crippen LogP contribution >= 0.6 is 0 Å². The van der Waals surface area contributed by atoms with Crippen LogP contribution in [-0.2, 0) is 6.42 Å². The van der Waals surface area contributed by atoms with Crippen molar-refractivity contribution in [3.05, 3.63) is 17.5 Å². The Bertz CT molecular complexity index is 479. The predicted octanol–water partition coefficient (Wildman–Crippen LogP) is 0.980. The molecular formula is C9H11N5O. The molecule has 0 aromatic carbocycles. The summed E-state index contributed by atoms with van der Waals surface area (Å²) in [6, 6.07) is 1.92. The van der Waals surface area contributed by atoms with Crippen LogP contribution in [0, 0.1) is 6.92 Å². The van der Waals surface area contributed by atoms with E-state index in [1.807, 2.05) is 19.9 Å². The van der Waals surface area contributed by atoms with Gasteiger partial charge in [-0.1, -0.05) is 12.0 Å². The van der Waals surface area contributed by atoms with E-state index in [2.05, 4.69) is 20.4 Å². The van der Waals surface area contributed by atoms with Gasteiger partial charge in [-0.2, -0.15) is 10.2 Å². The summed E-state index contributed by atoms with van der Waals surface area (Å²) in [5.74, 6) is 0.391. The minimum atomic E-state index is 0.0570. The zero-order valence-electron chi connectivity index (χ0n) is 8.56. The van der Waals surface area contributed by atoms with Gasteiger partial charge in [0.15, 0.2) is 0 Å². The third-order valence-electron chi connectivity index (χ3n) is 2.00. The first-order valence-corrected chi connectivity index (χ1v) is 4.63. The average molecular weight is 205 g/mol. The fraction of sp³-hybridized carbons (Fsp3) is 0.333. The molecule has 0 aliphatic rings. The van der Waals surface area contributed by atoms with Crippen molar-refractivity contribution in [3.8, 4) is 11.5 Å². The summed E-state index contributed by atoms with van der Waals surface area (Å²) in [4.78, 5) is 0. The summed E-state index contributed by atoms with van der Waals surface area (Å²) >= 11 is 0. The number of hydrogen-bond donors (Lipinski definition) is 1. The average Bonchev–Trinajstić information content (AvgIpc) is 2.65. The van der Waals surface area contributed by atoms with Crippen LogP contribution in [0.4, 0.5) is 6.01 Å². The molecule has 0 unspecified atom stereocenters. The second-order valence-corrected chi connectivity index (χ2v) is 3.15. The van der Waals surface area contributed by atoms with Gasteiger partial charge < -0.3 is 10.2 Å². The van der Waals surface area contributed by atoms with Crippen LogP contribution in [0.25, 0.3) is 11.5 Å². The molecule has 2 aromatic heterocycles. The molecule has 0 aliphatic carbocycles. The van der Waals surface area contributed by atoms with E-state index in [4.69, 9.17) is 10.2 Å². The van der Waals surface area contributed by atoms with E-state index in [0.717, 1.165) is 23.4 Å². The van der Waals surface area contributed by atoms with Crippen LogP contribution in [0.15, 0.2) is 10.5 Å². The highest BCUT2D eigenvalue weighted by Crippen LogP contribution is 2.22. The lowest BCUT2D eigenvalue weighted by Gasteiger charge is -2.01. The van der Waals surface area contributed by atoms with E-state index in [0.29, 0.717) is 5.89 Å². The number of nitrogens with zero attached hydrogens (tertiary/aromatic N) is 4. The van der Waals surface area contributed by atoms with Gasteiger partial charge in [0.05, 0.1) is 17.0 Å². The second kappa shape index (κ2) is 3.64. The molecule has 2 heterocycles. The molecule has 0 amide bonds. The second-order valence-electron chi connectivity index (χ2n) is 3.15. The summed E-state index contributed by atoms with van der Waals surface area (Å²) in [7, 11) is 0. The molecule has 0 spiro atoms. The zero-order valence-corrected chi connectivity index (χ0v) is 8.56. The van der Waals surface area contributed by atoms with Crippen LogP contribution in [0.5, 0.6) is 0 Å². The standard InChI is InChI=1S/C9H11N5O/c1-3-7-6(4-5(2)11-12-7)8-13-14-9(10)15-8/h4H,3H2,1-2H3,(H2,10,14). The third-order valence-corrected chi connectivity index (χ3v) is 2.00. The lowest BCUT2D eigenvalue weighted by atomic mass is 10.1. The van der Waals surface area contributed by atoms with Gasteiger partial charge in [0.1, 0.15) is 0 Å². The molecule has 78 valence electrons. The highest BCUT2D eigenvalue weighted by Gasteiger charge is 2.12. The van der Waals surface area contributed by atoms with E-state index in [-0.39, 0.29) is 6.01 Å². The summed E-state index contributed by atoms with van der Waals surface area (Å²) in [5.41, 5.74) is 7.80. The van der Waals surface area contributed by atoms with E-state index < -0.39 is 0 Å². The van der Waals surface area contributed by atoms with Gasteiger partial charge in [0.2, 0.25) is 0 Å². The van der Waals surface area contributed by atoms with E-state index in [1.165, 1.54) is 0 Å². The first kappa shape index (κ1) is 9.57. The van der Waals surface area contributed by atoms with Gasteiger partial charge in [0, 0.05) is 0 Å². The van der Waals surface area contributed by atoms with Gasteiger partial charge in [-0.15, -0.1) is 5.10 Å². The van der Waals surface area contributed by atoms with Crippen LogP contribution < -0.4 is 5.73 Å². The number of aryl methyl sites for hydroxylation is 2. The molecule has 0 aliphatic heterocycles. The number of anilines is 1. The smallest absolute Gasteiger partial charge is 0.313 e. The number of nitrogens with two attached hydrogens (primary N) is 1. The first-order valence-electron chi connectivity index (χ1n) is 4.63. The van der Waals surface area contributed by atoms with Gasteiger partial charge in [0.25, 0.3) is 5.89 Å². The Labute approximate surface area is 86.5 Å². The van der Waals surface area contributed by atoms with Crippen LogP contribution in [0.2, 0.25) is 0 Å². The maximum absolute atomic E-state index is 5.37. The van der Waals surface area contributed by atoms with Crippen molar-refractivity contribution >= 4 is 6.01 Å². The third kappa shape index (κ3) is 1.78. The Hall–Kier alpha value is -1.98. The van der Waals surface area contributed by atoms with Gasteiger partial charge in [-0.25, -0.2) is 0 Å². The Morgan fingerprint density at radius 3 is 2.67 bits per heavy atom. The first-order chi connectivity index (χ1) is 7.20.